The Morgan fingerprint density at radius 1 is 1.16 bits per heavy atom. The van der Waals surface area contributed by atoms with Gasteiger partial charge >= 0.3 is 0 Å². The third-order valence-electron chi connectivity index (χ3n) is 3.80. The molecule has 0 saturated heterocycles. The van der Waals surface area contributed by atoms with Gasteiger partial charge in [-0.1, -0.05) is 45.4 Å². The van der Waals surface area contributed by atoms with Crippen molar-refractivity contribution in [2.75, 3.05) is 13.2 Å². The van der Waals surface area contributed by atoms with Gasteiger partial charge in [-0.25, -0.2) is 0 Å². The van der Waals surface area contributed by atoms with E-state index in [0.29, 0.717) is 12.0 Å². The van der Waals surface area contributed by atoms with E-state index < -0.39 is 0 Å². The SMILES string of the molecule is CCCNC(COc1c(C)cccc1C)C(C)CC. The Hall–Kier alpha value is -1.02. The predicted octanol–water partition coefficient (Wildman–Crippen LogP) is 4.10. The van der Waals surface area contributed by atoms with Crippen molar-refractivity contribution >= 4 is 0 Å². The van der Waals surface area contributed by atoms with Crippen molar-refractivity contribution in [3.05, 3.63) is 29.3 Å². The molecule has 0 fully saturated rings. The minimum Gasteiger partial charge on any atom is -0.491 e. The molecule has 0 aromatic heterocycles. The lowest BCUT2D eigenvalue weighted by molar-refractivity contribution is 0.218. The second-order valence-corrected chi connectivity index (χ2v) is 5.48. The second-order valence-electron chi connectivity index (χ2n) is 5.48. The number of hydrogen-bond acceptors (Lipinski definition) is 2. The van der Waals surface area contributed by atoms with E-state index in [0.717, 1.165) is 25.3 Å². The van der Waals surface area contributed by atoms with Gasteiger partial charge in [-0.3, -0.25) is 0 Å². The molecule has 0 heterocycles. The van der Waals surface area contributed by atoms with Gasteiger partial charge in [-0.2, -0.15) is 0 Å². The highest BCUT2D eigenvalue weighted by Crippen LogP contribution is 2.23. The van der Waals surface area contributed by atoms with Crippen LogP contribution in [-0.2, 0) is 0 Å². The van der Waals surface area contributed by atoms with Crippen LogP contribution in [0.5, 0.6) is 5.75 Å². The zero-order valence-electron chi connectivity index (χ0n) is 13.1. The van der Waals surface area contributed by atoms with Gasteiger partial charge in [0.25, 0.3) is 0 Å². The maximum atomic E-state index is 6.09. The molecule has 2 heteroatoms. The van der Waals surface area contributed by atoms with Crippen molar-refractivity contribution in [3.63, 3.8) is 0 Å². The van der Waals surface area contributed by atoms with E-state index in [1.54, 1.807) is 0 Å². The summed E-state index contributed by atoms with van der Waals surface area (Å²) >= 11 is 0. The second kappa shape index (κ2) is 8.21. The predicted molar refractivity (Wildman–Crippen MR) is 82.9 cm³/mol. The number of aryl methyl sites for hydroxylation is 2. The Balaban J connectivity index is 2.64. The quantitative estimate of drug-likeness (QED) is 0.762. The summed E-state index contributed by atoms with van der Waals surface area (Å²) in [4.78, 5) is 0. The van der Waals surface area contributed by atoms with E-state index in [-0.39, 0.29) is 0 Å². The maximum Gasteiger partial charge on any atom is 0.125 e. The first kappa shape index (κ1) is 16.0. The summed E-state index contributed by atoms with van der Waals surface area (Å²) in [5, 5.41) is 3.60. The van der Waals surface area contributed by atoms with E-state index >= 15 is 0 Å². The van der Waals surface area contributed by atoms with Crippen molar-refractivity contribution in [2.45, 2.75) is 53.5 Å². The maximum absolute atomic E-state index is 6.09. The molecule has 1 aromatic carbocycles. The molecule has 0 spiro atoms. The molecule has 1 N–H and O–H groups in total. The Morgan fingerprint density at radius 3 is 2.32 bits per heavy atom. The molecule has 1 rings (SSSR count). The van der Waals surface area contributed by atoms with E-state index in [1.165, 1.54) is 17.5 Å². The van der Waals surface area contributed by atoms with Gasteiger partial charge < -0.3 is 10.1 Å². The number of para-hydroxylation sites is 1. The molecule has 19 heavy (non-hydrogen) atoms. The van der Waals surface area contributed by atoms with Gasteiger partial charge in [-0.05, 0) is 43.9 Å². The van der Waals surface area contributed by atoms with Crippen LogP contribution in [0.4, 0.5) is 0 Å². The summed E-state index contributed by atoms with van der Waals surface area (Å²) in [6.45, 7) is 12.8. The van der Waals surface area contributed by atoms with Crippen LogP contribution < -0.4 is 10.1 Å². The van der Waals surface area contributed by atoms with Crippen LogP contribution in [0.15, 0.2) is 18.2 Å². The van der Waals surface area contributed by atoms with Gasteiger partial charge in [0.2, 0.25) is 0 Å². The highest BCUT2D eigenvalue weighted by atomic mass is 16.5. The molecule has 0 radical (unpaired) electrons. The number of rotatable bonds is 8. The lowest BCUT2D eigenvalue weighted by atomic mass is 9.99. The summed E-state index contributed by atoms with van der Waals surface area (Å²) in [5.74, 6) is 1.69. The van der Waals surface area contributed by atoms with Crippen LogP contribution in [0.3, 0.4) is 0 Å². The van der Waals surface area contributed by atoms with Crippen molar-refractivity contribution in [1.29, 1.82) is 0 Å². The Bertz CT molecular complexity index is 355. The minimum atomic E-state index is 0.434. The fourth-order valence-electron chi connectivity index (χ4n) is 2.24. The highest BCUT2D eigenvalue weighted by molar-refractivity contribution is 5.39. The van der Waals surface area contributed by atoms with Crippen LogP contribution in [0.1, 0.15) is 44.7 Å². The van der Waals surface area contributed by atoms with Crippen molar-refractivity contribution in [1.82, 2.24) is 5.32 Å². The average molecular weight is 263 g/mol. The number of benzene rings is 1. The van der Waals surface area contributed by atoms with Crippen LogP contribution in [0.25, 0.3) is 0 Å². The Labute approximate surface area is 118 Å². The van der Waals surface area contributed by atoms with Crippen molar-refractivity contribution in [2.24, 2.45) is 5.92 Å². The molecule has 0 aliphatic rings. The highest BCUT2D eigenvalue weighted by Gasteiger charge is 2.16. The van der Waals surface area contributed by atoms with Crippen molar-refractivity contribution in [3.8, 4) is 5.75 Å². The van der Waals surface area contributed by atoms with Crippen LogP contribution in [0.2, 0.25) is 0 Å². The zero-order valence-corrected chi connectivity index (χ0v) is 13.1. The molecule has 0 bridgehead atoms. The summed E-state index contributed by atoms with van der Waals surface area (Å²) in [7, 11) is 0. The number of nitrogens with one attached hydrogen (secondary N) is 1. The van der Waals surface area contributed by atoms with Gasteiger partial charge in [0.05, 0.1) is 0 Å². The van der Waals surface area contributed by atoms with Gasteiger partial charge in [0, 0.05) is 6.04 Å². The van der Waals surface area contributed by atoms with E-state index in [2.05, 4.69) is 58.1 Å². The monoisotopic (exact) mass is 263 g/mol. The first-order valence-corrected chi connectivity index (χ1v) is 7.52. The standard InChI is InChI=1S/C17H29NO/c1-6-11-18-16(13(3)7-2)12-19-17-14(4)9-8-10-15(17)5/h8-10,13,16,18H,6-7,11-12H2,1-5H3. The first-order valence-electron chi connectivity index (χ1n) is 7.52. The molecule has 1 aromatic rings. The fourth-order valence-corrected chi connectivity index (χ4v) is 2.24. The molecule has 0 aliphatic carbocycles. The molecule has 2 atom stereocenters. The number of hydrogen-bond donors (Lipinski definition) is 1. The molecule has 0 saturated carbocycles. The largest absolute Gasteiger partial charge is 0.491 e. The van der Waals surface area contributed by atoms with Gasteiger partial charge in [0.1, 0.15) is 12.4 Å². The molecule has 2 unspecified atom stereocenters. The molecule has 108 valence electrons. The van der Waals surface area contributed by atoms with Gasteiger partial charge in [-0.15, -0.1) is 0 Å². The fraction of sp³-hybridized carbons (Fsp3) is 0.647. The Kier molecular flexibility index (Phi) is 6.93. The van der Waals surface area contributed by atoms with E-state index in [4.69, 9.17) is 4.74 Å². The van der Waals surface area contributed by atoms with Crippen LogP contribution >= 0.6 is 0 Å². The third-order valence-corrected chi connectivity index (χ3v) is 3.80. The van der Waals surface area contributed by atoms with Crippen molar-refractivity contribution < 1.29 is 4.74 Å². The summed E-state index contributed by atoms with van der Waals surface area (Å²) in [6.07, 6.45) is 2.34. The van der Waals surface area contributed by atoms with Crippen LogP contribution in [0, 0.1) is 19.8 Å². The summed E-state index contributed by atoms with van der Waals surface area (Å²) in [6, 6.07) is 6.74. The lowest BCUT2D eigenvalue weighted by Crippen LogP contribution is -2.40. The Morgan fingerprint density at radius 2 is 1.79 bits per heavy atom. The molecule has 0 amide bonds. The minimum absolute atomic E-state index is 0.434. The topological polar surface area (TPSA) is 21.3 Å². The molecular formula is C17H29NO. The van der Waals surface area contributed by atoms with E-state index in [1.807, 2.05) is 0 Å². The molecule has 2 nitrogen and oxygen atoms in total. The first-order chi connectivity index (χ1) is 9.10. The van der Waals surface area contributed by atoms with Gasteiger partial charge in [0.15, 0.2) is 0 Å². The summed E-state index contributed by atoms with van der Waals surface area (Å²) < 4.78 is 6.09. The lowest BCUT2D eigenvalue weighted by Gasteiger charge is -2.25. The third kappa shape index (κ3) is 4.87. The molecular weight excluding hydrogens is 234 g/mol. The normalized spacial score (nSPS) is 14.2. The average Bonchev–Trinajstić information content (AvgIpc) is 2.40. The number of ether oxygens (including phenoxy) is 1. The zero-order chi connectivity index (χ0) is 14.3. The van der Waals surface area contributed by atoms with Crippen LogP contribution in [-0.4, -0.2) is 19.2 Å². The molecule has 0 aliphatic heterocycles. The van der Waals surface area contributed by atoms with E-state index in [9.17, 15) is 0 Å². The summed E-state index contributed by atoms with van der Waals surface area (Å²) in [5.41, 5.74) is 2.44. The smallest absolute Gasteiger partial charge is 0.125 e.